The van der Waals surface area contributed by atoms with Gasteiger partial charge in [-0.1, -0.05) is 6.42 Å². The van der Waals surface area contributed by atoms with Gasteiger partial charge in [0, 0.05) is 0 Å². The molecule has 1 aliphatic carbocycles. The minimum atomic E-state index is -3.78. The fourth-order valence-electron chi connectivity index (χ4n) is 2.37. The number of carbonyl (C=O) groups is 2. The highest BCUT2D eigenvalue weighted by atomic mass is 32.2. The molecule has 116 valence electrons. The second-order valence-corrected chi connectivity index (χ2v) is 6.67. The molecule has 1 aliphatic rings. The van der Waals surface area contributed by atoms with E-state index in [1.165, 1.54) is 14.0 Å². The van der Waals surface area contributed by atoms with E-state index in [0.717, 1.165) is 0 Å². The molecule has 1 rings (SSSR count). The molecule has 0 spiro atoms. The normalized spacial score (nSPS) is 24.1. The molecule has 7 nitrogen and oxygen atoms in total. The Bertz CT molecular complexity index is 461. The Morgan fingerprint density at radius 2 is 2.00 bits per heavy atom. The van der Waals surface area contributed by atoms with E-state index < -0.39 is 39.2 Å². The van der Waals surface area contributed by atoms with E-state index in [1.54, 1.807) is 6.92 Å². The molecule has 0 saturated heterocycles. The van der Waals surface area contributed by atoms with E-state index in [0.29, 0.717) is 19.3 Å². The molecule has 1 fully saturated rings. The average molecular weight is 307 g/mol. The van der Waals surface area contributed by atoms with Crippen molar-refractivity contribution < 1.29 is 27.5 Å². The van der Waals surface area contributed by atoms with Crippen LogP contribution in [0.15, 0.2) is 0 Å². The van der Waals surface area contributed by atoms with Crippen molar-refractivity contribution in [1.29, 1.82) is 0 Å². The number of rotatable bonds is 6. The van der Waals surface area contributed by atoms with Crippen molar-refractivity contribution in [3.8, 4) is 0 Å². The number of nitrogens with one attached hydrogen (secondary N) is 1. The molecular formula is C12H21NO6S. The summed E-state index contributed by atoms with van der Waals surface area (Å²) in [6.07, 6.45) is 1.50. The molecule has 0 bridgehead atoms. The average Bonchev–Trinajstić information content (AvgIpc) is 2.87. The summed E-state index contributed by atoms with van der Waals surface area (Å²) in [6, 6.07) is -0.973. The van der Waals surface area contributed by atoms with Gasteiger partial charge in [0.2, 0.25) is 10.0 Å². The number of methoxy groups -OCH3 is 1. The van der Waals surface area contributed by atoms with E-state index in [2.05, 4.69) is 9.46 Å². The lowest BCUT2D eigenvalue weighted by Crippen LogP contribution is -2.46. The summed E-state index contributed by atoms with van der Waals surface area (Å²) >= 11 is 0. The Morgan fingerprint density at radius 1 is 1.35 bits per heavy atom. The lowest BCUT2D eigenvalue weighted by Gasteiger charge is -2.20. The molecule has 0 aromatic heterocycles. The second-order valence-electron chi connectivity index (χ2n) is 4.74. The number of carbonyl (C=O) groups excluding carboxylic acids is 2. The molecule has 8 heteroatoms. The molecule has 3 unspecified atom stereocenters. The second kappa shape index (κ2) is 7.03. The van der Waals surface area contributed by atoms with Crippen molar-refractivity contribution in [3.63, 3.8) is 0 Å². The summed E-state index contributed by atoms with van der Waals surface area (Å²) in [6.45, 7) is 3.24. The molecule has 20 heavy (non-hydrogen) atoms. The molecule has 0 aromatic rings. The summed E-state index contributed by atoms with van der Waals surface area (Å²) in [5.74, 6) is -1.84. The Hall–Kier alpha value is -1.15. The summed E-state index contributed by atoms with van der Waals surface area (Å²) < 4.78 is 36.2. The fraction of sp³-hybridized carbons (Fsp3) is 0.833. The van der Waals surface area contributed by atoms with Crippen LogP contribution in [0.1, 0.15) is 33.1 Å². The van der Waals surface area contributed by atoms with Gasteiger partial charge in [0.1, 0.15) is 6.04 Å². The molecular weight excluding hydrogens is 286 g/mol. The van der Waals surface area contributed by atoms with Gasteiger partial charge >= 0.3 is 11.9 Å². The van der Waals surface area contributed by atoms with Crippen LogP contribution >= 0.6 is 0 Å². The van der Waals surface area contributed by atoms with Crippen molar-refractivity contribution in [2.45, 2.75) is 44.4 Å². The Labute approximate surface area is 119 Å². The maximum absolute atomic E-state index is 12.3. The number of hydrogen-bond acceptors (Lipinski definition) is 6. The van der Waals surface area contributed by atoms with E-state index in [-0.39, 0.29) is 6.61 Å². The molecule has 0 heterocycles. The highest BCUT2D eigenvalue weighted by molar-refractivity contribution is 7.90. The van der Waals surface area contributed by atoms with Crippen molar-refractivity contribution in [2.24, 2.45) is 5.92 Å². The largest absolute Gasteiger partial charge is 0.469 e. The first kappa shape index (κ1) is 16.9. The van der Waals surface area contributed by atoms with Crippen LogP contribution in [-0.2, 0) is 29.1 Å². The minimum absolute atomic E-state index is 0.180. The van der Waals surface area contributed by atoms with Crippen LogP contribution < -0.4 is 4.72 Å². The number of esters is 2. The smallest absolute Gasteiger partial charge is 0.323 e. The van der Waals surface area contributed by atoms with E-state index in [9.17, 15) is 18.0 Å². The summed E-state index contributed by atoms with van der Waals surface area (Å²) in [7, 11) is -2.54. The highest BCUT2D eigenvalue weighted by Crippen LogP contribution is 2.31. The zero-order valence-corrected chi connectivity index (χ0v) is 12.7. The third-order valence-electron chi connectivity index (χ3n) is 3.34. The standard InChI is InChI=1S/C12H21NO6S/c1-4-19-11(14)8(2)13-20(16,17)10-7-5-6-9(10)12(15)18-3/h8-10,13H,4-7H2,1-3H3. The van der Waals surface area contributed by atoms with Gasteiger partial charge in [0.25, 0.3) is 0 Å². The predicted octanol–water partition coefficient (Wildman–Crippen LogP) is 0.199. The third-order valence-corrected chi connectivity index (χ3v) is 5.38. The van der Waals surface area contributed by atoms with E-state index in [4.69, 9.17) is 4.74 Å². The molecule has 1 N–H and O–H groups in total. The van der Waals surface area contributed by atoms with Gasteiger partial charge < -0.3 is 9.47 Å². The molecule has 0 amide bonds. The predicted molar refractivity (Wildman–Crippen MR) is 71.3 cm³/mol. The topological polar surface area (TPSA) is 98.8 Å². The summed E-state index contributed by atoms with van der Waals surface area (Å²) in [4.78, 5) is 23.1. The molecule has 0 aliphatic heterocycles. The van der Waals surface area contributed by atoms with Gasteiger partial charge in [-0.05, 0) is 26.7 Å². The minimum Gasteiger partial charge on any atom is -0.469 e. The number of ether oxygens (including phenoxy) is 2. The van der Waals surface area contributed by atoms with Gasteiger partial charge in [-0.3, -0.25) is 9.59 Å². The van der Waals surface area contributed by atoms with Gasteiger partial charge in [-0.25, -0.2) is 13.1 Å². The van der Waals surface area contributed by atoms with Crippen molar-refractivity contribution in [2.75, 3.05) is 13.7 Å². The van der Waals surface area contributed by atoms with Crippen LogP contribution in [0.4, 0.5) is 0 Å². The monoisotopic (exact) mass is 307 g/mol. The molecule has 3 atom stereocenters. The molecule has 1 saturated carbocycles. The third kappa shape index (κ3) is 3.92. The van der Waals surface area contributed by atoms with Crippen LogP contribution in [0, 0.1) is 5.92 Å². The highest BCUT2D eigenvalue weighted by Gasteiger charge is 2.43. The first-order valence-electron chi connectivity index (χ1n) is 6.59. The van der Waals surface area contributed by atoms with Crippen LogP contribution in [0.25, 0.3) is 0 Å². The lowest BCUT2D eigenvalue weighted by atomic mass is 10.1. The van der Waals surface area contributed by atoms with E-state index in [1.807, 2.05) is 0 Å². The van der Waals surface area contributed by atoms with Gasteiger partial charge in [0.15, 0.2) is 0 Å². The Balaban J connectivity index is 2.77. The van der Waals surface area contributed by atoms with Gasteiger partial charge in [-0.2, -0.15) is 0 Å². The van der Waals surface area contributed by atoms with Gasteiger partial charge in [-0.15, -0.1) is 0 Å². The zero-order valence-electron chi connectivity index (χ0n) is 11.9. The van der Waals surface area contributed by atoms with Crippen molar-refractivity contribution in [3.05, 3.63) is 0 Å². The fourth-order valence-corrected chi connectivity index (χ4v) is 4.29. The zero-order chi connectivity index (χ0) is 15.3. The van der Waals surface area contributed by atoms with E-state index >= 15 is 0 Å². The number of sulfonamides is 1. The molecule has 0 aromatic carbocycles. The maximum Gasteiger partial charge on any atom is 0.323 e. The van der Waals surface area contributed by atoms with Crippen LogP contribution in [0.2, 0.25) is 0 Å². The van der Waals surface area contributed by atoms with Crippen molar-refractivity contribution in [1.82, 2.24) is 4.72 Å². The first-order chi connectivity index (χ1) is 9.33. The summed E-state index contributed by atoms with van der Waals surface area (Å²) in [5.41, 5.74) is 0. The van der Waals surface area contributed by atoms with Crippen LogP contribution in [0.5, 0.6) is 0 Å². The number of hydrogen-bond donors (Lipinski definition) is 1. The SMILES string of the molecule is CCOC(=O)C(C)NS(=O)(=O)C1CCCC1C(=O)OC. The molecule has 0 radical (unpaired) electrons. The summed E-state index contributed by atoms with van der Waals surface area (Å²) in [5, 5.41) is -0.855. The van der Waals surface area contributed by atoms with Crippen molar-refractivity contribution >= 4 is 22.0 Å². The van der Waals surface area contributed by atoms with Gasteiger partial charge in [0.05, 0.1) is 24.9 Å². The quantitative estimate of drug-likeness (QED) is 0.704. The Kier molecular flexibility index (Phi) is 5.94. The lowest BCUT2D eigenvalue weighted by molar-refractivity contribution is -0.145. The van der Waals surface area contributed by atoms with Crippen LogP contribution in [0.3, 0.4) is 0 Å². The van der Waals surface area contributed by atoms with Crippen LogP contribution in [-0.4, -0.2) is 45.4 Å². The Morgan fingerprint density at radius 3 is 2.55 bits per heavy atom. The first-order valence-corrected chi connectivity index (χ1v) is 8.13. The maximum atomic E-state index is 12.3.